The molecule has 0 amide bonds. The smallest absolute Gasteiger partial charge is 0.545 e. The van der Waals surface area contributed by atoms with Gasteiger partial charge in [-0.05, 0) is 6.08 Å². The van der Waals surface area contributed by atoms with Gasteiger partial charge in [0, 0.05) is 6.92 Å². The van der Waals surface area contributed by atoms with Gasteiger partial charge in [-0.15, -0.1) is 0 Å². The molecule has 0 aliphatic carbocycles. The molecule has 0 heterocycles. The molecule has 0 aliphatic rings. The van der Waals surface area contributed by atoms with Gasteiger partial charge in [-0.3, -0.25) is 4.79 Å². The fraction of sp³-hybridized carbons (Fsp3) is 0.200. The van der Waals surface area contributed by atoms with E-state index in [-0.39, 0.29) is 29.6 Å². The molecule has 0 saturated carbocycles. The number of rotatable bonds is 1. The standard InChI is InChI=1S/C3H4O2.C2H4O2.Na/c1-2-3(4)5;1-2(3)4;/h2H,1H2,(H,4,5);1H3,(H,3,4);/q;;+1/p-1. The average Bonchev–Trinajstić information content (AvgIpc) is 1.65. The van der Waals surface area contributed by atoms with Gasteiger partial charge in [0.2, 0.25) is 0 Å². The van der Waals surface area contributed by atoms with Crippen LogP contribution in [0.1, 0.15) is 6.92 Å². The molecule has 0 bridgehead atoms. The van der Waals surface area contributed by atoms with Crippen LogP contribution in [-0.2, 0) is 9.59 Å². The Bertz CT molecular complexity index is 117. The predicted octanol–water partition coefficient (Wildman–Crippen LogP) is -3.98. The Balaban J connectivity index is -0.0000000910. The maximum Gasteiger partial charge on any atom is 1.00 e. The van der Waals surface area contributed by atoms with E-state index in [0.29, 0.717) is 0 Å². The molecule has 0 rings (SSSR count). The van der Waals surface area contributed by atoms with E-state index in [1.165, 1.54) is 0 Å². The van der Waals surface area contributed by atoms with Crippen molar-refractivity contribution in [1.29, 1.82) is 0 Å². The zero-order valence-corrected chi connectivity index (χ0v) is 7.96. The quantitative estimate of drug-likeness (QED) is 0.308. The summed E-state index contributed by atoms with van der Waals surface area (Å²) in [6.07, 6.45) is 0.722. The Morgan fingerprint density at radius 2 is 1.70 bits per heavy atom. The van der Waals surface area contributed by atoms with Crippen molar-refractivity contribution >= 4 is 11.9 Å². The molecule has 0 aromatic carbocycles. The second-order valence-corrected chi connectivity index (χ2v) is 1.04. The minimum absolute atomic E-state index is 0. The van der Waals surface area contributed by atoms with Crippen molar-refractivity contribution in [3.63, 3.8) is 0 Å². The van der Waals surface area contributed by atoms with Gasteiger partial charge >= 0.3 is 29.6 Å². The Labute approximate surface area is 80.8 Å². The van der Waals surface area contributed by atoms with E-state index in [1.807, 2.05) is 0 Å². The van der Waals surface area contributed by atoms with Gasteiger partial charge in [-0.2, -0.15) is 0 Å². The third-order valence-corrected chi connectivity index (χ3v) is 0.167. The second kappa shape index (κ2) is 11.5. The van der Waals surface area contributed by atoms with Crippen LogP contribution in [0.5, 0.6) is 0 Å². The largest absolute Gasteiger partial charge is 1.00 e. The Morgan fingerprint density at radius 1 is 1.60 bits per heavy atom. The van der Waals surface area contributed by atoms with Crippen LogP contribution in [-0.4, -0.2) is 17.0 Å². The zero-order valence-electron chi connectivity index (χ0n) is 5.96. The molecule has 0 spiro atoms. The number of aliphatic carboxylic acids is 2. The maximum absolute atomic E-state index is 9.14. The second-order valence-electron chi connectivity index (χ2n) is 1.04. The van der Waals surface area contributed by atoms with Crippen molar-refractivity contribution in [2.24, 2.45) is 0 Å². The zero-order chi connectivity index (χ0) is 7.86. The first-order valence-corrected chi connectivity index (χ1v) is 2.03. The summed E-state index contributed by atoms with van der Waals surface area (Å²) in [7, 11) is 0. The molecule has 0 radical (unpaired) electrons. The minimum atomic E-state index is -1.23. The van der Waals surface area contributed by atoms with Gasteiger partial charge in [-0.25, -0.2) is 0 Å². The summed E-state index contributed by atoms with van der Waals surface area (Å²) < 4.78 is 0. The van der Waals surface area contributed by atoms with Gasteiger partial charge < -0.3 is 15.0 Å². The van der Waals surface area contributed by atoms with Crippen LogP contribution >= 0.6 is 0 Å². The molecule has 0 aromatic heterocycles. The first kappa shape index (κ1) is 16.3. The molecule has 0 aliphatic heterocycles. The van der Waals surface area contributed by atoms with Crippen LogP contribution in [0.25, 0.3) is 0 Å². The van der Waals surface area contributed by atoms with E-state index in [4.69, 9.17) is 19.8 Å². The monoisotopic (exact) mass is 154 g/mol. The van der Waals surface area contributed by atoms with Crippen LogP contribution < -0.4 is 34.7 Å². The number of hydrogen-bond donors (Lipinski definition) is 1. The Kier molecular flexibility index (Phi) is 18.8. The van der Waals surface area contributed by atoms with Gasteiger partial charge in [0.25, 0.3) is 5.97 Å². The summed E-state index contributed by atoms with van der Waals surface area (Å²) in [5.41, 5.74) is 0. The van der Waals surface area contributed by atoms with Gasteiger partial charge in [-0.1, -0.05) is 6.58 Å². The number of carbonyl (C=O) groups is 2. The van der Waals surface area contributed by atoms with E-state index in [2.05, 4.69) is 6.58 Å². The average molecular weight is 154 g/mol. The normalized spacial score (nSPS) is 5.70. The molecule has 1 N–H and O–H groups in total. The van der Waals surface area contributed by atoms with Gasteiger partial charge in [0.15, 0.2) is 0 Å². The third-order valence-electron chi connectivity index (χ3n) is 0.167. The Morgan fingerprint density at radius 3 is 1.70 bits per heavy atom. The SMILES string of the molecule is C=CC(=O)[O-].CC(=O)O.[Na+]. The van der Waals surface area contributed by atoms with Crippen molar-refractivity contribution in [2.75, 3.05) is 0 Å². The molecule has 0 fully saturated rings. The van der Waals surface area contributed by atoms with Crippen LogP contribution in [0.15, 0.2) is 12.7 Å². The van der Waals surface area contributed by atoms with Crippen molar-refractivity contribution < 1.29 is 49.4 Å². The van der Waals surface area contributed by atoms with Crippen molar-refractivity contribution in [3.8, 4) is 0 Å². The maximum atomic E-state index is 9.14. The summed E-state index contributed by atoms with van der Waals surface area (Å²) in [5.74, 6) is -2.06. The van der Waals surface area contributed by atoms with Crippen molar-refractivity contribution in [3.05, 3.63) is 12.7 Å². The first-order valence-electron chi connectivity index (χ1n) is 2.03. The van der Waals surface area contributed by atoms with E-state index < -0.39 is 11.9 Å². The Hall–Kier alpha value is -0.320. The van der Waals surface area contributed by atoms with Gasteiger partial charge in [0.1, 0.15) is 0 Å². The number of carbonyl (C=O) groups excluding carboxylic acids is 1. The summed E-state index contributed by atoms with van der Waals surface area (Å²) in [6, 6.07) is 0. The first-order chi connectivity index (χ1) is 4.00. The fourth-order valence-corrected chi connectivity index (χ4v) is 0. The van der Waals surface area contributed by atoms with E-state index in [1.54, 1.807) is 0 Å². The van der Waals surface area contributed by atoms with E-state index >= 15 is 0 Å². The summed E-state index contributed by atoms with van der Waals surface area (Å²) >= 11 is 0. The molecule has 0 aromatic rings. The minimum Gasteiger partial charge on any atom is -0.545 e. The van der Waals surface area contributed by atoms with E-state index in [9.17, 15) is 0 Å². The number of carboxylic acids is 2. The van der Waals surface area contributed by atoms with Crippen LogP contribution in [0, 0.1) is 0 Å². The summed E-state index contributed by atoms with van der Waals surface area (Å²) in [4.78, 5) is 18.1. The summed E-state index contributed by atoms with van der Waals surface area (Å²) in [5, 5.41) is 16.6. The van der Waals surface area contributed by atoms with E-state index in [0.717, 1.165) is 13.0 Å². The molecular formula is C5H7NaO4. The van der Waals surface area contributed by atoms with Crippen LogP contribution in [0.2, 0.25) is 0 Å². The molecule has 0 unspecified atom stereocenters. The predicted molar refractivity (Wildman–Crippen MR) is 28.5 cm³/mol. The molecule has 0 saturated heterocycles. The number of carboxylic acid groups (broad SMARTS) is 2. The molecule has 4 nitrogen and oxygen atoms in total. The van der Waals surface area contributed by atoms with Crippen molar-refractivity contribution in [1.82, 2.24) is 0 Å². The molecule has 10 heavy (non-hydrogen) atoms. The van der Waals surface area contributed by atoms with Crippen LogP contribution in [0.3, 0.4) is 0 Å². The van der Waals surface area contributed by atoms with Crippen molar-refractivity contribution in [2.45, 2.75) is 6.92 Å². The number of hydrogen-bond acceptors (Lipinski definition) is 3. The molecule has 0 atom stereocenters. The van der Waals surface area contributed by atoms with Gasteiger partial charge in [0.05, 0.1) is 5.97 Å². The summed E-state index contributed by atoms with van der Waals surface area (Å²) in [6.45, 7) is 3.98. The third kappa shape index (κ3) is 121. The topological polar surface area (TPSA) is 77.4 Å². The molecular weight excluding hydrogens is 147 g/mol. The van der Waals surface area contributed by atoms with Crippen LogP contribution in [0.4, 0.5) is 0 Å². The molecule has 5 heteroatoms. The molecule has 52 valence electrons. The fourth-order valence-electron chi connectivity index (χ4n) is 0.